The SMILES string of the molecule is CC(NC1C(C)(C)C1(C)C)c1ccc2c(c1)OCCCO2. The Bertz CT molecular complexity index is 522. The van der Waals surface area contributed by atoms with Gasteiger partial charge in [0.25, 0.3) is 0 Å². The first kappa shape index (κ1) is 14.7. The number of fused-ring (bicyclic) bond motifs is 1. The fraction of sp³-hybridized carbons (Fsp3) is 0.667. The monoisotopic (exact) mass is 289 g/mol. The molecule has 1 aliphatic carbocycles. The first-order valence-corrected chi connectivity index (χ1v) is 7.99. The highest BCUT2D eigenvalue weighted by atomic mass is 16.5. The number of ether oxygens (including phenoxy) is 2. The summed E-state index contributed by atoms with van der Waals surface area (Å²) in [5.74, 6) is 1.75. The van der Waals surface area contributed by atoms with E-state index < -0.39 is 0 Å². The predicted octanol–water partition coefficient (Wildman–Crippen LogP) is 3.93. The van der Waals surface area contributed by atoms with E-state index in [2.05, 4.69) is 52.1 Å². The van der Waals surface area contributed by atoms with Crippen LogP contribution >= 0.6 is 0 Å². The standard InChI is InChI=1S/C18H27NO2/c1-12(19-16-17(2,3)18(16,4)5)13-7-8-14-15(11-13)21-10-6-9-20-14/h7-8,11-12,16,19H,6,9-10H2,1-5H3. The number of rotatable bonds is 3. The summed E-state index contributed by atoms with van der Waals surface area (Å²) < 4.78 is 11.5. The Morgan fingerprint density at radius 1 is 1.05 bits per heavy atom. The third-order valence-corrected chi connectivity index (χ3v) is 5.71. The minimum Gasteiger partial charge on any atom is -0.490 e. The van der Waals surface area contributed by atoms with E-state index in [1.165, 1.54) is 5.56 Å². The molecule has 116 valence electrons. The quantitative estimate of drug-likeness (QED) is 0.914. The normalized spacial score (nSPS) is 24.2. The van der Waals surface area contributed by atoms with Crippen LogP contribution in [0.4, 0.5) is 0 Å². The van der Waals surface area contributed by atoms with Crippen molar-refractivity contribution in [3.05, 3.63) is 23.8 Å². The summed E-state index contributed by atoms with van der Waals surface area (Å²) in [4.78, 5) is 0. The van der Waals surface area contributed by atoms with E-state index in [-0.39, 0.29) is 0 Å². The van der Waals surface area contributed by atoms with E-state index in [0.717, 1.165) is 31.1 Å². The van der Waals surface area contributed by atoms with Gasteiger partial charge in [-0.05, 0) is 35.4 Å². The number of nitrogens with one attached hydrogen (secondary N) is 1. The average Bonchev–Trinajstić information content (AvgIpc) is 2.95. The highest BCUT2D eigenvalue weighted by Crippen LogP contribution is 2.63. The van der Waals surface area contributed by atoms with Crippen LogP contribution in [-0.4, -0.2) is 19.3 Å². The molecular weight excluding hydrogens is 262 g/mol. The lowest BCUT2D eigenvalue weighted by atomic mass is 10.0. The van der Waals surface area contributed by atoms with E-state index in [4.69, 9.17) is 9.47 Å². The zero-order valence-corrected chi connectivity index (χ0v) is 13.8. The van der Waals surface area contributed by atoms with Crippen LogP contribution in [-0.2, 0) is 0 Å². The highest BCUT2D eigenvalue weighted by molar-refractivity contribution is 5.44. The molecule has 0 spiro atoms. The Morgan fingerprint density at radius 3 is 2.29 bits per heavy atom. The first-order valence-electron chi connectivity index (χ1n) is 7.99. The third kappa shape index (κ3) is 2.42. The fourth-order valence-corrected chi connectivity index (χ4v) is 3.41. The number of hydrogen-bond donors (Lipinski definition) is 1. The van der Waals surface area contributed by atoms with Crippen molar-refractivity contribution in [3.8, 4) is 11.5 Å². The molecule has 21 heavy (non-hydrogen) atoms. The van der Waals surface area contributed by atoms with Gasteiger partial charge >= 0.3 is 0 Å². The maximum Gasteiger partial charge on any atom is 0.161 e. The summed E-state index contributed by atoms with van der Waals surface area (Å²) in [6.45, 7) is 13.1. The van der Waals surface area contributed by atoms with Crippen LogP contribution in [0.3, 0.4) is 0 Å². The maximum atomic E-state index is 5.79. The predicted molar refractivity (Wildman–Crippen MR) is 84.9 cm³/mol. The summed E-state index contributed by atoms with van der Waals surface area (Å²) in [5, 5.41) is 3.78. The van der Waals surface area contributed by atoms with Crippen LogP contribution < -0.4 is 14.8 Å². The molecule has 0 aromatic heterocycles. The summed E-state index contributed by atoms with van der Waals surface area (Å²) in [7, 11) is 0. The molecule has 1 N–H and O–H groups in total. The van der Waals surface area contributed by atoms with Crippen molar-refractivity contribution in [2.75, 3.05) is 13.2 Å². The molecule has 0 bridgehead atoms. The van der Waals surface area contributed by atoms with Crippen LogP contribution in [0.25, 0.3) is 0 Å². The van der Waals surface area contributed by atoms with Crippen molar-refractivity contribution in [2.45, 2.75) is 53.1 Å². The molecule has 2 aliphatic rings. The van der Waals surface area contributed by atoms with Crippen molar-refractivity contribution in [3.63, 3.8) is 0 Å². The van der Waals surface area contributed by atoms with E-state index in [1.807, 2.05) is 6.07 Å². The van der Waals surface area contributed by atoms with Gasteiger partial charge in [0.1, 0.15) is 0 Å². The third-order valence-electron chi connectivity index (χ3n) is 5.71. The van der Waals surface area contributed by atoms with Crippen LogP contribution in [0.5, 0.6) is 11.5 Å². The van der Waals surface area contributed by atoms with E-state index in [1.54, 1.807) is 0 Å². The minimum absolute atomic E-state index is 0.313. The van der Waals surface area contributed by atoms with Gasteiger partial charge < -0.3 is 14.8 Å². The van der Waals surface area contributed by atoms with E-state index in [9.17, 15) is 0 Å². The Hall–Kier alpha value is -1.22. The van der Waals surface area contributed by atoms with Gasteiger partial charge in [-0.15, -0.1) is 0 Å². The molecule has 0 radical (unpaired) electrons. The zero-order valence-electron chi connectivity index (χ0n) is 13.8. The second-order valence-corrected chi connectivity index (χ2v) is 7.52. The molecule has 0 saturated heterocycles. The van der Waals surface area contributed by atoms with Crippen LogP contribution in [0.1, 0.15) is 52.6 Å². The summed E-state index contributed by atoms with van der Waals surface area (Å²) in [6, 6.07) is 7.18. The lowest BCUT2D eigenvalue weighted by molar-refractivity contribution is 0.297. The molecule has 1 aromatic rings. The van der Waals surface area contributed by atoms with Crippen LogP contribution in [0.15, 0.2) is 18.2 Å². The van der Waals surface area contributed by atoms with Gasteiger partial charge in [-0.2, -0.15) is 0 Å². The summed E-state index contributed by atoms with van der Waals surface area (Å²) in [6.07, 6.45) is 0.947. The number of hydrogen-bond acceptors (Lipinski definition) is 3. The molecule has 1 atom stereocenters. The molecule has 3 nitrogen and oxygen atoms in total. The smallest absolute Gasteiger partial charge is 0.161 e. The van der Waals surface area contributed by atoms with Crippen molar-refractivity contribution < 1.29 is 9.47 Å². The molecule has 0 amide bonds. The van der Waals surface area contributed by atoms with Crippen molar-refractivity contribution in [1.29, 1.82) is 0 Å². The van der Waals surface area contributed by atoms with Crippen molar-refractivity contribution in [1.82, 2.24) is 5.32 Å². The Labute approximate surface area is 128 Å². The van der Waals surface area contributed by atoms with Gasteiger partial charge in [-0.1, -0.05) is 33.8 Å². The van der Waals surface area contributed by atoms with E-state index >= 15 is 0 Å². The Balaban J connectivity index is 1.74. The van der Waals surface area contributed by atoms with Crippen molar-refractivity contribution in [2.24, 2.45) is 10.8 Å². The average molecular weight is 289 g/mol. The van der Waals surface area contributed by atoms with Gasteiger partial charge in [-0.25, -0.2) is 0 Å². The van der Waals surface area contributed by atoms with Gasteiger partial charge in [0.15, 0.2) is 11.5 Å². The van der Waals surface area contributed by atoms with Crippen molar-refractivity contribution >= 4 is 0 Å². The molecular formula is C18H27NO2. The molecule has 1 aromatic carbocycles. The molecule has 1 heterocycles. The lowest BCUT2D eigenvalue weighted by Crippen LogP contribution is -2.25. The largest absolute Gasteiger partial charge is 0.490 e. The minimum atomic E-state index is 0.313. The van der Waals surface area contributed by atoms with Gasteiger partial charge in [0.05, 0.1) is 13.2 Å². The first-order chi connectivity index (χ1) is 9.84. The van der Waals surface area contributed by atoms with Crippen LogP contribution in [0.2, 0.25) is 0 Å². The zero-order chi connectivity index (χ0) is 15.3. The van der Waals surface area contributed by atoms with Gasteiger partial charge in [-0.3, -0.25) is 0 Å². The number of benzene rings is 1. The molecule has 1 saturated carbocycles. The van der Waals surface area contributed by atoms with Crippen LogP contribution in [0, 0.1) is 10.8 Å². The van der Waals surface area contributed by atoms with Gasteiger partial charge in [0, 0.05) is 18.5 Å². The Morgan fingerprint density at radius 2 is 1.67 bits per heavy atom. The molecule has 1 unspecified atom stereocenters. The second kappa shape index (κ2) is 4.91. The summed E-state index contributed by atoms with van der Waals surface area (Å²) >= 11 is 0. The maximum absolute atomic E-state index is 5.79. The molecule has 1 aliphatic heterocycles. The second-order valence-electron chi connectivity index (χ2n) is 7.52. The molecule has 3 heteroatoms. The summed E-state index contributed by atoms with van der Waals surface area (Å²) in [5.41, 5.74) is 1.97. The van der Waals surface area contributed by atoms with E-state index in [0.29, 0.717) is 22.9 Å². The molecule has 1 fully saturated rings. The lowest BCUT2D eigenvalue weighted by Gasteiger charge is -2.18. The fourth-order valence-electron chi connectivity index (χ4n) is 3.41. The topological polar surface area (TPSA) is 30.5 Å². The van der Waals surface area contributed by atoms with Gasteiger partial charge in [0.2, 0.25) is 0 Å². The molecule has 3 rings (SSSR count). The Kier molecular flexibility index (Phi) is 3.44. The highest BCUT2D eigenvalue weighted by Gasteiger charge is 2.64.